The zero-order chi connectivity index (χ0) is 9.59. The van der Waals surface area contributed by atoms with E-state index in [4.69, 9.17) is 11.5 Å². The van der Waals surface area contributed by atoms with Crippen LogP contribution in [0.2, 0.25) is 0 Å². The number of rotatable bonds is 0. The molecular formula is C9H12N4. The molecule has 2 heterocycles. The van der Waals surface area contributed by atoms with E-state index in [1.165, 1.54) is 5.56 Å². The van der Waals surface area contributed by atoms with Crippen LogP contribution in [0.25, 0.3) is 5.52 Å². The fraction of sp³-hybridized carbons (Fsp3) is 0.222. The number of hydrogen-bond acceptors (Lipinski definition) is 3. The maximum Gasteiger partial charge on any atom is 0.169 e. The van der Waals surface area contributed by atoms with Crippen molar-refractivity contribution in [2.45, 2.75) is 13.8 Å². The lowest BCUT2D eigenvalue weighted by Crippen LogP contribution is -1.96. The van der Waals surface area contributed by atoms with E-state index in [0.717, 1.165) is 11.2 Å². The zero-order valence-electron chi connectivity index (χ0n) is 7.70. The molecule has 0 amide bonds. The van der Waals surface area contributed by atoms with Gasteiger partial charge in [0.1, 0.15) is 5.69 Å². The number of nitrogen functional groups attached to an aromatic ring is 2. The Morgan fingerprint density at radius 3 is 2.62 bits per heavy atom. The normalized spacial score (nSPS) is 10.9. The first-order chi connectivity index (χ1) is 6.11. The lowest BCUT2D eigenvalue weighted by molar-refractivity contribution is 0.908. The third-order valence-corrected chi connectivity index (χ3v) is 2.37. The summed E-state index contributed by atoms with van der Waals surface area (Å²) in [5, 5.41) is 4.14. The molecule has 0 saturated carbocycles. The number of anilines is 2. The summed E-state index contributed by atoms with van der Waals surface area (Å²) < 4.78 is 1.78. The fourth-order valence-corrected chi connectivity index (χ4v) is 1.37. The Morgan fingerprint density at radius 1 is 1.23 bits per heavy atom. The van der Waals surface area contributed by atoms with Crippen LogP contribution in [0.4, 0.5) is 11.5 Å². The topological polar surface area (TPSA) is 69.3 Å². The largest absolute Gasteiger partial charge is 0.394 e. The standard InChI is InChI=1S/C9H12N4/c1-5-3-4-7-8(10)9(11)12-13(7)6(5)2/h3-4H,10H2,1-2H3,(H2,11,12). The number of aromatic nitrogens is 2. The van der Waals surface area contributed by atoms with Crippen LogP contribution in [0.3, 0.4) is 0 Å². The van der Waals surface area contributed by atoms with Gasteiger partial charge in [-0.3, -0.25) is 0 Å². The van der Waals surface area contributed by atoms with Crippen LogP contribution in [0.1, 0.15) is 11.3 Å². The second-order valence-corrected chi connectivity index (χ2v) is 3.20. The van der Waals surface area contributed by atoms with Gasteiger partial charge in [0.25, 0.3) is 0 Å². The third kappa shape index (κ3) is 0.950. The summed E-state index contributed by atoms with van der Waals surface area (Å²) in [6.45, 7) is 4.02. The van der Waals surface area contributed by atoms with Crippen LogP contribution in [-0.4, -0.2) is 9.61 Å². The van der Waals surface area contributed by atoms with Gasteiger partial charge in [0.2, 0.25) is 0 Å². The Morgan fingerprint density at radius 2 is 1.92 bits per heavy atom. The zero-order valence-corrected chi connectivity index (χ0v) is 7.70. The van der Waals surface area contributed by atoms with Crippen molar-refractivity contribution in [1.29, 1.82) is 0 Å². The first kappa shape index (κ1) is 7.91. The highest BCUT2D eigenvalue weighted by atomic mass is 15.3. The summed E-state index contributed by atoms with van der Waals surface area (Å²) in [5.41, 5.74) is 15.0. The van der Waals surface area contributed by atoms with Crippen LogP contribution < -0.4 is 11.5 Å². The molecule has 0 aliphatic heterocycles. The van der Waals surface area contributed by atoms with Gasteiger partial charge in [0, 0.05) is 5.69 Å². The molecule has 0 aliphatic carbocycles. The Labute approximate surface area is 76.1 Å². The molecule has 0 atom stereocenters. The van der Waals surface area contributed by atoms with Crippen molar-refractivity contribution < 1.29 is 0 Å². The molecule has 0 aliphatic rings. The maximum absolute atomic E-state index is 5.75. The van der Waals surface area contributed by atoms with Crippen LogP contribution >= 0.6 is 0 Å². The van der Waals surface area contributed by atoms with Crippen molar-refractivity contribution in [3.8, 4) is 0 Å². The highest BCUT2D eigenvalue weighted by Crippen LogP contribution is 2.22. The summed E-state index contributed by atoms with van der Waals surface area (Å²) in [5.74, 6) is 0.397. The summed E-state index contributed by atoms with van der Waals surface area (Å²) in [7, 11) is 0. The van der Waals surface area contributed by atoms with E-state index in [1.807, 2.05) is 26.0 Å². The average Bonchev–Trinajstić information content (AvgIpc) is 2.38. The molecule has 0 fully saturated rings. The molecular weight excluding hydrogens is 164 g/mol. The first-order valence-electron chi connectivity index (χ1n) is 4.11. The highest BCUT2D eigenvalue weighted by molar-refractivity contribution is 5.79. The molecule has 0 unspecified atom stereocenters. The van der Waals surface area contributed by atoms with Gasteiger partial charge in [-0.1, -0.05) is 6.07 Å². The van der Waals surface area contributed by atoms with E-state index in [0.29, 0.717) is 11.5 Å². The van der Waals surface area contributed by atoms with Gasteiger partial charge in [-0.2, -0.15) is 0 Å². The SMILES string of the molecule is Cc1ccc2c(N)c(N)nn2c1C. The van der Waals surface area contributed by atoms with Crippen molar-refractivity contribution >= 4 is 17.0 Å². The summed E-state index contributed by atoms with van der Waals surface area (Å²) in [4.78, 5) is 0. The quantitative estimate of drug-likeness (QED) is 0.631. The molecule has 4 nitrogen and oxygen atoms in total. The molecule has 0 saturated heterocycles. The molecule has 68 valence electrons. The fourth-order valence-electron chi connectivity index (χ4n) is 1.37. The number of nitrogens with two attached hydrogens (primary N) is 2. The average molecular weight is 176 g/mol. The number of aryl methyl sites for hydroxylation is 2. The summed E-state index contributed by atoms with van der Waals surface area (Å²) >= 11 is 0. The van der Waals surface area contributed by atoms with Crippen molar-refractivity contribution in [3.05, 3.63) is 23.4 Å². The van der Waals surface area contributed by atoms with Crippen molar-refractivity contribution in [2.24, 2.45) is 0 Å². The number of fused-ring (bicyclic) bond motifs is 1. The molecule has 13 heavy (non-hydrogen) atoms. The van der Waals surface area contributed by atoms with Crippen molar-refractivity contribution in [2.75, 3.05) is 11.5 Å². The predicted octanol–water partition coefficient (Wildman–Crippen LogP) is 1.12. The van der Waals surface area contributed by atoms with E-state index >= 15 is 0 Å². The lowest BCUT2D eigenvalue weighted by Gasteiger charge is -2.01. The smallest absolute Gasteiger partial charge is 0.169 e. The summed E-state index contributed by atoms with van der Waals surface area (Å²) in [6, 6.07) is 3.95. The number of hydrogen-bond donors (Lipinski definition) is 2. The van der Waals surface area contributed by atoms with E-state index in [2.05, 4.69) is 5.10 Å². The lowest BCUT2D eigenvalue weighted by atomic mass is 10.2. The van der Waals surface area contributed by atoms with Gasteiger partial charge in [-0.05, 0) is 25.5 Å². The predicted molar refractivity (Wildman–Crippen MR) is 53.5 cm³/mol. The Kier molecular flexibility index (Phi) is 1.45. The number of pyridine rings is 1. The van der Waals surface area contributed by atoms with Crippen LogP contribution in [0, 0.1) is 13.8 Å². The van der Waals surface area contributed by atoms with Crippen LogP contribution in [-0.2, 0) is 0 Å². The van der Waals surface area contributed by atoms with Gasteiger partial charge < -0.3 is 11.5 Å². The molecule has 2 aromatic heterocycles. The minimum atomic E-state index is 0.397. The van der Waals surface area contributed by atoms with E-state index in [1.54, 1.807) is 4.52 Å². The minimum Gasteiger partial charge on any atom is -0.394 e. The molecule has 0 spiro atoms. The van der Waals surface area contributed by atoms with Crippen LogP contribution in [0.5, 0.6) is 0 Å². The molecule has 4 N–H and O–H groups in total. The Bertz CT molecular complexity index is 470. The third-order valence-electron chi connectivity index (χ3n) is 2.37. The van der Waals surface area contributed by atoms with Crippen molar-refractivity contribution in [3.63, 3.8) is 0 Å². The Balaban J connectivity index is 2.94. The first-order valence-corrected chi connectivity index (χ1v) is 4.11. The van der Waals surface area contributed by atoms with Crippen molar-refractivity contribution in [1.82, 2.24) is 9.61 Å². The van der Waals surface area contributed by atoms with Gasteiger partial charge in [-0.25, -0.2) is 4.52 Å². The number of nitrogens with zero attached hydrogens (tertiary/aromatic N) is 2. The van der Waals surface area contributed by atoms with E-state index in [9.17, 15) is 0 Å². The van der Waals surface area contributed by atoms with Crippen LogP contribution in [0.15, 0.2) is 12.1 Å². The van der Waals surface area contributed by atoms with E-state index in [-0.39, 0.29) is 0 Å². The minimum absolute atomic E-state index is 0.397. The van der Waals surface area contributed by atoms with Gasteiger partial charge in [0.05, 0.1) is 5.52 Å². The monoisotopic (exact) mass is 176 g/mol. The van der Waals surface area contributed by atoms with Gasteiger partial charge >= 0.3 is 0 Å². The molecule has 0 radical (unpaired) electrons. The van der Waals surface area contributed by atoms with Gasteiger partial charge in [0.15, 0.2) is 5.82 Å². The highest BCUT2D eigenvalue weighted by Gasteiger charge is 2.08. The maximum atomic E-state index is 5.75. The van der Waals surface area contributed by atoms with E-state index < -0.39 is 0 Å². The van der Waals surface area contributed by atoms with Gasteiger partial charge in [-0.15, -0.1) is 5.10 Å². The summed E-state index contributed by atoms with van der Waals surface area (Å²) in [6.07, 6.45) is 0. The second kappa shape index (κ2) is 2.39. The molecule has 2 rings (SSSR count). The molecule has 4 heteroatoms. The molecule has 0 aromatic carbocycles. The Hall–Kier alpha value is -1.71. The second-order valence-electron chi connectivity index (χ2n) is 3.20. The molecule has 0 bridgehead atoms. The molecule has 2 aromatic rings.